The molecule has 0 fully saturated rings. The molecule has 2 rings (SSSR count). The Morgan fingerprint density at radius 3 is 3.06 bits per heavy atom. The summed E-state index contributed by atoms with van der Waals surface area (Å²) in [6, 6.07) is 3.82. The molecule has 0 aliphatic heterocycles. The number of aromatic nitrogens is 2. The third-order valence-corrected chi connectivity index (χ3v) is 3.19. The molecular weight excluding hydrogens is 246 g/mol. The number of pyridine rings is 1. The van der Waals surface area contributed by atoms with Crippen molar-refractivity contribution in [2.45, 2.75) is 19.8 Å². The molecule has 0 amide bonds. The number of nitrogens with zero attached hydrogens (tertiary/aromatic N) is 2. The molecule has 0 atom stereocenters. The fraction of sp³-hybridized carbons (Fsp3) is 0.385. The van der Waals surface area contributed by atoms with Crippen LogP contribution in [0.25, 0.3) is 0 Å². The van der Waals surface area contributed by atoms with Crippen molar-refractivity contribution in [1.82, 2.24) is 9.97 Å². The minimum atomic E-state index is 0.715. The quantitative estimate of drug-likeness (QED) is 0.834. The Kier molecular flexibility index (Phi) is 4.96. The molecule has 0 aromatic carbocycles. The molecule has 2 aromatic heterocycles. The number of hydrogen-bond donors (Lipinski definition) is 1. The Balaban J connectivity index is 1.87. The molecule has 0 radical (unpaired) electrons. The van der Waals surface area contributed by atoms with E-state index < -0.39 is 0 Å². The summed E-state index contributed by atoms with van der Waals surface area (Å²) in [4.78, 5) is 8.54. The summed E-state index contributed by atoms with van der Waals surface area (Å²) in [6.07, 6.45) is 5.50. The van der Waals surface area contributed by atoms with Gasteiger partial charge in [0.15, 0.2) is 11.6 Å². The number of nitrogens with one attached hydrogen (secondary N) is 1. The van der Waals surface area contributed by atoms with E-state index >= 15 is 0 Å². The van der Waals surface area contributed by atoms with Crippen LogP contribution >= 0.6 is 11.3 Å². The first-order valence-electron chi connectivity index (χ1n) is 6.10. The Morgan fingerprint density at radius 2 is 2.28 bits per heavy atom. The second kappa shape index (κ2) is 6.96. The molecule has 2 aromatic rings. The van der Waals surface area contributed by atoms with Crippen LogP contribution in [-0.4, -0.2) is 23.1 Å². The van der Waals surface area contributed by atoms with Gasteiger partial charge in [0.2, 0.25) is 0 Å². The van der Waals surface area contributed by atoms with Crippen LogP contribution in [0.4, 0.5) is 5.82 Å². The van der Waals surface area contributed by atoms with Crippen molar-refractivity contribution in [3.63, 3.8) is 0 Å². The zero-order valence-corrected chi connectivity index (χ0v) is 11.2. The molecule has 0 saturated carbocycles. The van der Waals surface area contributed by atoms with Crippen molar-refractivity contribution in [2.75, 3.05) is 18.5 Å². The third kappa shape index (κ3) is 3.70. The van der Waals surface area contributed by atoms with Crippen molar-refractivity contribution in [1.29, 1.82) is 0 Å². The predicted molar refractivity (Wildman–Crippen MR) is 74.3 cm³/mol. The normalized spacial score (nSPS) is 10.3. The molecule has 5 heteroatoms. The summed E-state index contributed by atoms with van der Waals surface area (Å²) < 4.78 is 5.64. The number of thiazole rings is 1. The van der Waals surface area contributed by atoms with Gasteiger partial charge in [-0.1, -0.05) is 6.92 Å². The first-order valence-corrected chi connectivity index (χ1v) is 6.98. The van der Waals surface area contributed by atoms with Gasteiger partial charge >= 0.3 is 0 Å². The van der Waals surface area contributed by atoms with Crippen LogP contribution in [0.5, 0.6) is 5.75 Å². The first-order chi connectivity index (χ1) is 8.90. The average Bonchev–Trinajstić information content (AvgIpc) is 2.91. The van der Waals surface area contributed by atoms with E-state index in [0.29, 0.717) is 6.61 Å². The van der Waals surface area contributed by atoms with E-state index in [1.165, 1.54) is 0 Å². The van der Waals surface area contributed by atoms with Gasteiger partial charge in [0.1, 0.15) is 0 Å². The largest absolute Gasteiger partial charge is 0.490 e. The van der Waals surface area contributed by atoms with Gasteiger partial charge in [-0.2, -0.15) is 0 Å². The van der Waals surface area contributed by atoms with Crippen LogP contribution < -0.4 is 10.1 Å². The van der Waals surface area contributed by atoms with Gasteiger partial charge in [-0.15, -0.1) is 11.3 Å². The molecule has 0 aliphatic carbocycles. The lowest BCUT2D eigenvalue weighted by Gasteiger charge is -2.10. The molecule has 2 heterocycles. The predicted octanol–water partition coefficient (Wildman–Crippen LogP) is 2.98. The van der Waals surface area contributed by atoms with Crippen molar-refractivity contribution < 1.29 is 4.74 Å². The van der Waals surface area contributed by atoms with Gasteiger partial charge in [0.25, 0.3) is 0 Å². The van der Waals surface area contributed by atoms with Crippen molar-refractivity contribution in [3.8, 4) is 5.75 Å². The molecule has 0 bridgehead atoms. The van der Waals surface area contributed by atoms with Crippen molar-refractivity contribution >= 4 is 17.2 Å². The maximum Gasteiger partial charge on any atom is 0.168 e. The molecule has 1 N–H and O–H groups in total. The van der Waals surface area contributed by atoms with E-state index in [2.05, 4.69) is 22.2 Å². The number of ether oxygens (including phenoxy) is 1. The zero-order valence-electron chi connectivity index (χ0n) is 10.4. The Bertz CT molecular complexity index is 459. The lowest BCUT2D eigenvalue weighted by Crippen LogP contribution is -2.08. The molecule has 0 saturated heterocycles. The maximum atomic E-state index is 5.64. The molecule has 0 spiro atoms. The molecule has 4 nitrogen and oxygen atoms in total. The van der Waals surface area contributed by atoms with Crippen LogP contribution in [-0.2, 0) is 6.42 Å². The van der Waals surface area contributed by atoms with Gasteiger partial charge in [-0.3, -0.25) is 0 Å². The van der Waals surface area contributed by atoms with E-state index in [9.17, 15) is 0 Å². The Morgan fingerprint density at radius 1 is 1.33 bits per heavy atom. The zero-order chi connectivity index (χ0) is 12.6. The molecule has 18 heavy (non-hydrogen) atoms. The lowest BCUT2D eigenvalue weighted by molar-refractivity contribution is 0.318. The van der Waals surface area contributed by atoms with E-state index in [4.69, 9.17) is 4.74 Å². The second-order valence-corrected chi connectivity index (χ2v) is 4.78. The van der Waals surface area contributed by atoms with Crippen LogP contribution in [0, 0.1) is 0 Å². The highest BCUT2D eigenvalue weighted by atomic mass is 32.1. The Labute approximate surface area is 111 Å². The number of hydrogen-bond acceptors (Lipinski definition) is 5. The van der Waals surface area contributed by atoms with Crippen LogP contribution in [0.3, 0.4) is 0 Å². The van der Waals surface area contributed by atoms with E-state index in [-0.39, 0.29) is 0 Å². The highest BCUT2D eigenvalue weighted by molar-refractivity contribution is 7.09. The van der Waals surface area contributed by atoms with E-state index in [1.807, 2.05) is 23.7 Å². The van der Waals surface area contributed by atoms with Crippen LogP contribution in [0.15, 0.2) is 29.9 Å². The monoisotopic (exact) mass is 263 g/mol. The SMILES string of the molecule is CCCOc1cccnc1NCCc1nccs1. The van der Waals surface area contributed by atoms with Crippen LogP contribution in [0.2, 0.25) is 0 Å². The summed E-state index contributed by atoms with van der Waals surface area (Å²) in [6.45, 7) is 3.62. The topological polar surface area (TPSA) is 47.0 Å². The first kappa shape index (κ1) is 12.8. The second-order valence-electron chi connectivity index (χ2n) is 3.80. The summed E-state index contributed by atoms with van der Waals surface area (Å²) in [7, 11) is 0. The molecule has 96 valence electrons. The van der Waals surface area contributed by atoms with Gasteiger partial charge in [0, 0.05) is 30.7 Å². The summed E-state index contributed by atoms with van der Waals surface area (Å²) in [5.41, 5.74) is 0. The molecular formula is C13H17N3OS. The highest BCUT2D eigenvalue weighted by Gasteiger charge is 2.03. The lowest BCUT2D eigenvalue weighted by atomic mass is 10.4. The maximum absolute atomic E-state index is 5.64. The van der Waals surface area contributed by atoms with Crippen molar-refractivity contribution in [3.05, 3.63) is 34.9 Å². The van der Waals surface area contributed by atoms with E-state index in [0.717, 1.165) is 36.0 Å². The summed E-state index contributed by atoms with van der Waals surface area (Å²) in [5, 5.41) is 6.42. The fourth-order valence-corrected chi connectivity index (χ4v) is 2.14. The summed E-state index contributed by atoms with van der Waals surface area (Å²) in [5.74, 6) is 1.63. The Hall–Kier alpha value is -1.62. The van der Waals surface area contributed by atoms with Gasteiger partial charge in [0.05, 0.1) is 11.6 Å². The van der Waals surface area contributed by atoms with Gasteiger partial charge in [-0.05, 0) is 18.6 Å². The summed E-state index contributed by atoms with van der Waals surface area (Å²) >= 11 is 1.67. The minimum absolute atomic E-state index is 0.715. The van der Waals surface area contributed by atoms with Crippen molar-refractivity contribution in [2.24, 2.45) is 0 Å². The average molecular weight is 263 g/mol. The number of rotatable bonds is 7. The minimum Gasteiger partial charge on any atom is -0.490 e. The molecule has 0 aliphatic rings. The van der Waals surface area contributed by atoms with Gasteiger partial charge < -0.3 is 10.1 Å². The van der Waals surface area contributed by atoms with Crippen LogP contribution in [0.1, 0.15) is 18.4 Å². The number of anilines is 1. The fourth-order valence-electron chi connectivity index (χ4n) is 1.52. The van der Waals surface area contributed by atoms with Gasteiger partial charge in [-0.25, -0.2) is 9.97 Å². The third-order valence-electron chi connectivity index (χ3n) is 2.35. The van der Waals surface area contributed by atoms with E-state index in [1.54, 1.807) is 17.5 Å². The smallest absolute Gasteiger partial charge is 0.168 e. The molecule has 0 unspecified atom stereocenters. The highest BCUT2D eigenvalue weighted by Crippen LogP contribution is 2.20. The standard InChI is InChI=1S/C13H17N3OS/c1-2-9-17-11-4-3-6-15-13(11)16-7-5-12-14-8-10-18-12/h3-4,6,8,10H,2,5,7,9H2,1H3,(H,15,16).